The normalized spacial score (nSPS) is 12.1. The second kappa shape index (κ2) is 21.5. The highest BCUT2D eigenvalue weighted by Crippen LogP contribution is 2.36. The van der Waals surface area contributed by atoms with Gasteiger partial charge in [-0.2, -0.15) is 15.0 Å². The molecule has 0 aliphatic carbocycles. The van der Waals surface area contributed by atoms with E-state index in [0.717, 1.165) is 66.2 Å². The molecular formula is C82H56N8Si2. The van der Waals surface area contributed by atoms with Gasteiger partial charge in [0.05, 0.1) is 44.1 Å². The Morgan fingerprint density at radius 1 is 0.228 bits per heavy atom. The van der Waals surface area contributed by atoms with Crippen LogP contribution in [0.15, 0.2) is 340 Å². The largest absolute Gasteiger partial charge is 0.309 e. The summed E-state index contributed by atoms with van der Waals surface area (Å²) in [5.41, 5.74) is 9.82. The quantitative estimate of drug-likeness (QED) is 0.0903. The fraction of sp³-hybridized carbons (Fsp3) is 0. The molecule has 0 aliphatic heterocycles. The van der Waals surface area contributed by atoms with Crippen molar-refractivity contribution in [2.24, 2.45) is 0 Å². The molecule has 13 aromatic carbocycles. The Balaban J connectivity index is 0.920. The molecule has 0 bridgehead atoms. The molecule has 18 aromatic rings. The van der Waals surface area contributed by atoms with Crippen molar-refractivity contribution >= 4 is 129 Å². The zero-order valence-electron chi connectivity index (χ0n) is 49.9. The summed E-state index contributed by atoms with van der Waals surface area (Å²) in [4.78, 5) is 22.6. The minimum Gasteiger partial charge on any atom is -0.309 e. The Hall–Kier alpha value is -11.8. The smallest absolute Gasteiger partial charge is 0.242 e. The van der Waals surface area contributed by atoms with Gasteiger partial charge in [0.25, 0.3) is 0 Å². The second-order valence-electron chi connectivity index (χ2n) is 23.7. The molecule has 0 unspecified atom stereocenters. The first-order chi connectivity index (χ1) is 45.6. The van der Waals surface area contributed by atoms with E-state index in [9.17, 15) is 0 Å². The lowest BCUT2D eigenvalue weighted by atomic mass is 10.1. The van der Waals surface area contributed by atoms with Crippen LogP contribution < -0.4 is 41.5 Å². The summed E-state index contributed by atoms with van der Waals surface area (Å²) < 4.78 is 9.07. The summed E-state index contributed by atoms with van der Waals surface area (Å²) >= 11 is 0. The second-order valence-corrected chi connectivity index (χ2v) is 31.4. The minimum absolute atomic E-state index is 0.444. The topological polar surface area (TPSA) is 70.8 Å². The fourth-order valence-corrected chi connectivity index (χ4v) is 24.6. The van der Waals surface area contributed by atoms with Crippen LogP contribution >= 0.6 is 0 Å². The van der Waals surface area contributed by atoms with E-state index in [4.69, 9.17) is 19.9 Å². The number of fused-ring (bicyclic) bond motifs is 11. The molecule has 0 atom stereocenters. The van der Waals surface area contributed by atoms with Crippen LogP contribution in [0.2, 0.25) is 0 Å². The van der Waals surface area contributed by atoms with Gasteiger partial charge in [-0.25, -0.2) is 9.55 Å². The molecule has 5 heterocycles. The van der Waals surface area contributed by atoms with E-state index in [1.54, 1.807) is 0 Å². The molecule has 0 radical (unpaired) electrons. The van der Waals surface area contributed by atoms with E-state index in [2.05, 4.69) is 358 Å². The Kier molecular flexibility index (Phi) is 12.4. The molecule has 5 aromatic heterocycles. The molecule has 0 fully saturated rings. The van der Waals surface area contributed by atoms with Gasteiger partial charge in [-0.1, -0.05) is 279 Å². The summed E-state index contributed by atoms with van der Waals surface area (Å²) in [6, 6.07) is 124. The van der Waals surface area contributed by atoms with Gasteiger partial charge in [0.2, 0.25) is 17.7 Å². The average molecular weight is 1210 g/mol. The van der Waals surface area contributed by atoms with Crippen molar-refractivity contribution < 1.29 is 0 Å². The van der Waals surface area contributed by atoms with E-state index in [1.807, 2.05) is 0 Å². The van der Waals surface area contributed by atoms with Gasteiger partial charge in [-0.15, -0.1) is 0 Å². The molecule has 0 saturated heterocycles. The predicted octanol–water partition coefficient (Wildman–Crippen LogP) is 13.2. The third kappa shape index (κ3) is 8.07. The number of aromatic nitrogens is 8. The first kappa shape index (κ1) is 53.2. The van der Waals surface area contributed by atoms with Crippen molar-refractivity contribution in [2.45, 2.75) is 0 Å². The summed E-state index contributed by atoms with van der Waals surface area (Å²) in [6.45, 7) is 0. The van der Waals surface area contributed by atoms with Crippen LogP contribution in [0.3, 0.4) is 0 Å². The standard InChI is InChI=1S/C82H56N8Si2/c1-7-30-59(31-8-1)91(60-32-9-2-10-33-60,61-34-11-3-12-35-61)65-50-52-75-70(55-65)69-44-21-25-48-74(69)88(75)80-84-79(57-28-27-29-58(54-57)87-72-46-23-19-42-67(72)68-43-20-24-47-73(68)87)85-81(86-80)90-77-53-51-66(56-78(77)89-76-49-26-22-45-71(76)83-82(89)90)92(62-36-13-4-14-37-62,63-38-15-5-16-39-63)64-40-17-6-18-41-64/h1-56H. The molecule has 0 saturated carbocycles. The molecule has 92 heavy (non-hydrogen) atoms. The van der Waals surface area contributed by atoms with Crippen molar-refractivity contribution in [2.75, 3.05) is 0 Å². The van der Waals surface area contributed by atoms with Crippen LogP contribution in [-0.4, -0.2) is 54.2 Å². The van der Waals surface area contributed by atoms with Gasteiger partial charge in [0.15, 0.2) is 22.0 Å². The summed E-state index contributed by atoms with van der Waals surface area (Å²) in [5, 5.41) is 14.9. The lowest BCUT2D eigenvalue weighted by Crippen LogP contribution is -2.74. The Bertz CT molecular complexity index is 5580. The molecule has 0 amide bonds. The molecule has 432 valence electrons. The number of para-hydroxylation sites is 5. The number of rotatable bonds is 12. The number of hydrogen-bond donors (Lipinski definition) is 0. The summed E-state index contributed by atoms with van der Waals surface area (Å²) in [7, 11) is -5.94. The van der Waals surface area contributed by atoms with E-state index < -0.39 is 16.1 Å². The van der Waals surface area contributed by atoms with Gasteiger partial charge in [0.1, 0.15) is 0 Å². The maximum Gasteiger partial charge on any atom is 0.242 e. The molecule has 0 spiro atoms. The molecule has 0 aliphatic rings. The Morgan fingerprint density at radius 2 is 0.620 bits per heavy atom. The first-order valence-electron chi connectivity index (χ1n) is 31.3. The third-order valence-electron chi connectivity index (χ3n) is 18.9. The molecular weight excluding hydrogens is 1150 g/mol. The highest BCUT2D eigenvalue weighted by molar-refractivity contribution is 7.20. The third-order valence-corrected chi connectivity index (χ3v) is 28.5. The van der Waals surface area contributed by atoms with E-state index in [-0.39, 0.29) is 0 Å². The first-order valence-corrected chi connectivity index (χ1v) is 35.3. The highest BCUT2D eigenvalue weighted by atomic mass is 28.3. The SMILES string of the molecule is c1ccc([Si](c2ccccc2)(c2ccccc2)c2ccc3c(c2)c2ccccc2n3-c2nc(-c3cccc(-n4c5ccccc5c5ccccc54)c3)nc(-n3c4ccc([Si](c5ccccc5)(c5ccccc5)c5ccccc5)cc4n4c5ccccc5nc34)n2)cc1. The average Bonchev–Trinajstić information content (AvgIpc) is 1.44. The molecule has 0 N–H and O–H groups in total. The van der Waals surface area contributed by atoms with Crippen molar-refractivity contribution in [1.82, 2.24) is 38.0 Å². The van der Waals surface area contributed by atoms with E-state index in [1.165, 1.54) is 52.3 Å². The zero-order chi connectivity index (χ0) is 60.7. The fourth-order valence-electron chi connectivity index (χ4n) is 15.0. The van der Waals surface area contributed by atoms with Crippen LogP contribution in [0.1, 0.15) is 0 Å². The van der Waals surface area contributed by atoms with Crippen LogP contribution in [0.4, 0.5) is 0 Å². The maximum atomic E-state index is 5.76. The number of nitrogens with zero attached hydrogens (tertiary/aromatic N) is 8. The van der Waals surface area contributed by atoms with Gasteiger partial charge >= 0.3 is 0 Å². The molecule has 10 heteroatoms. The van der Waals surface area contributed by atoms with Gasteiger partial charge < -0.3 is 4.57 Å². The van der Waals surface area contributed by atoms with E-state index in [0.29, 0.717) is 23.5 Å². The number of imidazole rings is 2. The lowest BCUT2D eigenvalue weighted by molar-refractivity contribution is 0.884. The Labute approximate surface area is 532 Å². The monoisotopic (exact) mass is 1210 g/mol. The number of hydrogen-bond acceptors (Lipinski definition) is 4. The van der Waals surface area contributed by atoms with Crippen LogP contribution in [0.25, 0.3) is 100 Å². The van der Waals surface area contributed by atoms with Crippen molar-refractivity contribution in [3.05, 3.63) is 340 Å². The van der Waals surface area contributed by atoms with Gasteiger partial charge in [0, 0.05) is 32.8 Å². The van der Waals surface area contributed by atoms with Crippen molar-refractivity contribution in [3.8, 4) is 29.0 Å². The van der Waals surface area contributed by atoms with Gasteiger partial charge in [-0.3, -0.25) is 8.97 Å². The maximum absolute atomic E-state index is 5.76. The molecule has 18 rings (SSSR count). The van der Waals surface area contributed by atoms with Crippen LogP contribution in [0.5, 0.6) is 0 Å². The van der Waals surface area contributed by atoms with Crippen LogP contribution in [-0.2, 0) is 0 Å². The van der Waals surface area contributed by atoms with Crippen molar-refractivity contribution in [1.29, 1.82) is 0 Å². The van der Waals surface area contributed by atoms with Crippen LogP contribution in [0, 0.1) is 0 Å². The Morgan fingerprint density at radius 3 is 1.12 bits per heavy atom. The predicted molar refractivity (Wildman–Crippen MR) is 384 cm³/mol. The zero-order valence-corrected chi connectivity index (χ0v) is 51.9. The minimum atomic E-state index is -3.00. The lowest BCUT2D eigenvalue weighted by Gasteiger charge is -2.34. The van der Waals surface area contributed by atoms with E-state index >= 15 is 0 Å². The number of benzene rings is 13. The highest BCUT2D eigenvalue weighted by Gasteiger charge is 2.43. The van der Waals surface area contributed by atoms with Crippen molar-refractivity contribution in [3.63, 3.8) is 0 Å². The molecule has 8 nitrogen and oxygen atoms in total. The summed E-state index contributed by atoms with van der Waals surface area (Å²) in [6.07, 6.45) is 0. The van der Waals surface area contributed by atoms with Gasteiger partial charge in [-0.05, 0) is 102 Å². The summed E-state index contributed by atoms with van der Waals surface area (Å²) in [5.74, 6) is 2.15.